The summed E-state index contributed by atoms with van der Waals surface area (Å²) in [5.41, 5.74) is 1.02. The van der Waals surface area contributed by atoms with Crippen molar-refractivity contribution in [1.82, 2.24) is 4.98 Å². The average molecular weight is 297 g/mol. The number of rotatable bonds is 5. The molecule has 0 saturated carbocycles. The van der Waals surface area contributed by atoms with Crippen molar-refractivity contribution in [3.63, 3.8) is 0 Å². The van der Waals surface area contributed by atoms with Crippen molar-refractivity contribution in [2.75, 3.05) is 11.9 Å². The maximum absolute atomic E-state index is 6.04. The molecule has 3 nitrogen and oxygen atoms in total. The van der Waals surface area contributed by atoms with Gasteiger partial charge in [0.2, 0.25) is 0 Å². The van der Waals surface area contributed by atoms with Crippen LogP contribution in [0.4, 0.5) is 5.82 Å². The normalized spacial score (nSPS) is 10.3. The number of pyridine rings is 1. The van der Waals surface area contributed by atoms with Gasteiger partial charge in [-0.2, -0.15) is 0 Å². The molecular weight excluding hydrogens is 283 g/mol. The van der Waals surface area contributed by atoms with Gasteiger partial charge in [0.25, 0.3) is 0 Å². The molecule has 0 spiro atoms. The molecule has 0 fully saturated rings. The van der Waals surface area contributed by atoms with Gasteiger partial charge < -0.3 is 10.1 Å². The van der Waals surface area contributed by atoms with Gasteiger partial charge in [0.15, 0.2) is 0 Å². The lowest BCUT2D eigenvalue weighted by Gasteiger charge is -2.09. The average Bonchev–Trinajstić information content (AvgIpc) is 2.38. The maximum Gasteiger partial charge on any atom is 0.138 e. The van der Waals surface area contributed by atoms with E-state index in [-0.39, 0.29) is 0 Å². The van der Waals surface area contributed by atoms with Gasteiger partial charge in [0, 0.05) is 17.8 Å². The minimum absolute atomic E-state index is 0.433. The predicted octanol–water partition coefficient (Wildman–Crippen LogP) is 4.40. The van der Waals surface area contributed by atoms with Crippen LogP contribution in [0.5, 0.6) is 5.75 Å². The van der Waals surface area contributed by atoms with Crippen molar-refractivity contribution >= 4 is 29.0 Å². The molecular formula is C14H14Cl2N2O. The summed E-state index contributed by atoms with van der Waals surface area (Å²) in [6.07, 6.45) is 1.75. The molecule has 0 aliphatic heterocycles. The molecule has 5 heteroatoms. The third-order valence-electron chi connectivity index (χ3n) is 2.47. The van der Waals surface area contributed by atoms with Crippen molar-refractivity contribution in [3.8, 4) is 5.75 Å². The second-order valence-corrected chi connectivity index (χ2v) is 4.79. The summed E-state index contributed by atoms with van der Waals surface area (Å²) in [6, 6.07) is 9.03. The van der Waals surface area contributed by atoms with E-state index in [0.29, 0.717) is 22.4 Å². The van der Waals surface area contributed by atoms with Crippen LogP contribution in [0, 0.1) is 0 Å². The molecule has 0 bridgehead atoms. The Hall–Kier alpha value is -1.45. The van der Waals surface area contributed by atoms with E-state index in [1.54, 1.807) is 24.4 Å². The van der Waals surface area contributed by atoms with Gasteiger partial charge in [-0.25, -0.2) is 4.98 Å². The number of halogens is 2. The highest BCUT2D eigenvalue weighted by Gasteiger charge is 2.03. The number of nitrogens with zero attached hydrogens (tertiary/aromatic N) is 1. The van der Waals surface area contributed by atoms with Crippen LogP contribution in [0.3, 0.4) is 0 Å². The highest BCUT2D eigenvalue weighted by Crippen LogP contribution is 2.28. The molecule has 2 aromatic rings. The summed E-state index contributed by atoms with van der Waals surface area (Å²) >= 11 is 11.9. The van der Waals surface area contributed by atoms with Crippen LogP contribution in [0.2, 0.25) is 10.0 Å². The van der Waals surface area contributed by atoms with Crippen LogP contribution >= 0.6 is 23.2 Å². The number of benzene rings is 1. The molecule has 0 aliphatic rings. The molecule has 1 heterocycles. The molecule has 0 radical (unpaired) electrons. The maximum atomic E-state index is 6.04. The molecule has 1 aromatic heterocycles. The standard InChI is InChI=1S/C14H14Cl2N2O/c1-2-17-14-7-10(5-6-18-14)9-19-13-4-3-11(15)8-12(13)16/h3-8H,2,9H2,1H3,(H,17,18). The van der Waals surface area contributed by atoms with Gasteiger partial charge in [0.1, 0.15) is 18.2 Å². The molecule has 0 amide bonds. The van der Waals surface area contributed by atoms with E-state index in [2.05, 4.69) is 10.3 Å². The lowest BCUT2D eigenvalue weighted by atomic mass is 10.2. The van der Waals surface area contributed by atoms with Crippen LogP contribution in [-0.4, -0.2) is 11.5 Å². The predicted molar refractivity (Wildman–Crippen MR) is 79.2 cm³/mol. The zero-order valence-electron chi connectivity index (χ0n) is 10.5. The highest BCUT2D eigenvalue weighted by molar-refractivity contribution is 6.35. The number of anilines is 1. The van der Waals surface area contributed by atoms with E-state index in [9.17, 15) is 0 Å². The van der Waals surface area contributed by atoms with E-state index in [4.69, 9.17) is 27.9 Å². The van der Waals surface area contributed by atoms with Crippen LogP contribution in [0.25, 0.3) is 0 Å². The van der Waals surface area contributed by atoms with E-state index in [0.717, 1.165) is 17.9 Å². The minimum Gasteiger partial charge on any atom is -0.487 e. The Balaban J connectivity index is 2.03. The fourth-order valence-corrected chi connectivity index (χ4v) is 2.06. The first-order valence-electron chi connectivity index (χ1n) is 5.95. The first-order valence-corrected chi connectivity index (χ1v) is 6.71. The second-order valence-electron chi connectivity index (χ2n) is 3.94. The minimum atomic E-state index is 0.433. The summed E-state index contributed by atoms with van der Waals surface area (Å²) in [5.74, 6) is 1.46. The molecule has 100 valence electrons. The van der Waals surface area contributed by atoms with Gasteiger partial charge in [-0.15, -0.1) is 0 Å². The lowest BCUT2D eigenvalue weighted by molar-refractivity contribution is 0.306. The van der Waals surface area contributed by atoms with E-state index in [1.807, 2.05) is 19.1 Å². The summed E-state index contributed by atoms with van der Waals surface area (Å²) < 4.78 is 5.66. The Morgan fingerprint density at radius 1 is 1.21 bits per heavy atom. The topological polar surface area (TPSA) is 34.1 Å². The van der Waals surface area contributed by atoms with Crippen molar-refractivity contribution in [3.05, 3.63) is 52.1 Å². The van der Waals surface area contributed by atoms with Crippen LogP contribution < -0.4 is 10.1 Å². The molecule has 1 aromatic carbocycles. The fraction of sp³-hybridized carbons (Fsp3) is 0.214. The van der Waals surface area contributed by atoms with Gasteiger partial charge in [-0.1, -0.05) is 23.2 Å². The third-order valence-corrected chi connectivity index (χ3v) is 3.00. The Morgan fingerprint density at radius 2 is 2.05 bits per heavy atom. The van der Waals surface area contributed by atoms with Crippen LogP contribution in [0.15, 0.2) is 36.5 Å². The van der Waals surface area contributed by atoms with Crippen LogP contribution in [-0.2, 0) is 6.61 Å². The van der Waals surface area contributed by atoms with E-state index < -0.39 is 0 Å². The first-order chi connectivity index (χ1) is 9.19. The van der Waals surface area contributed by atoms with Gasteiger partial charge in [-0.3, -0.25) is 0 Å². The third kappa shape index (κ3) is 4.01. The Bertz CT molecular complexity index is 561. The number of ether oxygens (including phenoxy) is 1. The molecule has 0 aliphatic carbocycles. The quantitative estimate of drug-likeness (QED) is 0.888. The molecule has 19 heavy (non-hydrogen) atoms. The van der Waals surface area contributed by atoms with Crippen molar-refractivity contribution in [2.24, 2.45) is 0 Å². The number of hydrogen-bond donors (Lipinski definition) is 1. The molecule has 0 unspecified atom stereocenters. The molecule has 2 rings (SSSR count). The molecule has 0 atom stereocenters. The zero-order chi connectivity index (χ0) is 13.7. The number of nitrogens with one attached hydrogen (secondary N) is 1. The Kier molecular flexibility index (Phi) is 4.88. The van der Waals surface area contributed by atoms with Gasteiger partial charge in [-0.05, 0) is 42.8 Å². The Labute approximate surface area is 122 Å². The first kappa shape index (κ1) is 14.0. The van der Waals surface area contributed by atoms with Crippen molar-refractivity contribution in [1.29, 1.82) is 0 Å². The zero-order valence-corrected chi connectivity index (χ0v) is 12.0. The van der Waals surface area contributed by atoms with Crippen LogP contribution in [0.1, 0.15) is 12.5 Å². The Morgan fingerprint density at radius 3 is 2.79 bits per heavy atom. The summed E-state index contributed by atoms with van der Waals surface area (Å²) in [5, 5.41) is 4.26. The monoisotopic (exact) mass is 296 g/mol. The van der Waals surface area contributed by atoms with E-state index in [1.165, 1.54) is 0 Å². The van der Waals surface area contributed by atoms with E-state index >= 15 is 0 Å². The van der Waals surface area contributed by atoms with Gasteiger partial charge >= 0.3 is 0 Å². The fourth-order valence-electron chi connectivity index (χ4n) is 1.60. The largest absolute Gasteiger partial charge is 0.487 e. The summed E-state index contributed by atoms with van der Waals surface area (Å²) in [4.78, 5) is 4.20. The second kappa shape index (κ2) is 6.64. The number of hydrogen-bond acceptors (Lipinski definition) is 3. The number of aromatic nitrogens is 1. The van der Waals surface area contributed by atoms with Crippen molar-refractivity contribution < 1.29 is 4.74 Å². The SMILES string of the molecule is CCNc1cc(COc2ccc(Cl)cc2Cl)ccn1. The molecule has 0 saturated heterocycles. The van der Waals surface area contributed by atoms with Crippen molar-refractivity contribution in [2.45, 2.75) is 13.5 Å². The summed E-state index contributed by atoms with van der Waals surface area (Å²) in [7, 11) is 0. The summed E-state index contributed by atoms with van der Waals surface area (Å²) in [6.45, 7) is 3.29. The van der Waals surface area contributed by atoms with Gasteiger partial charge in [0.05, 0.1) is 5.02 Å². The lowest BCUT2D eigenvalue weighted by Crippen LogP contribution is -2.01. The smallest absolute Gasteiger partial charge is 0.138 e. The molecule has 1 N–H and O–H groups in total. The highest BCUT2D eigenvalue weighted by atomic mass is 35.5.